The molecule has 184 valence electrons. The number of nitrogens with one attached hydrogen (secondary N) is 1. The van der Waals surface area contributed by atoms with Crippen LogP contribution in [0, 0.1) is 7.14 Å². The first kappa shape index (κ1) is 27.4. The van der Waals surface area contributed by atoms with Gasteiger partial charge < -0.3 is 15.2 Å². The van der Waals surface area contributed by atoms with Gasteiger partial charge in [0.15, 0.2) is 15.6 Å². The lowest BCUT2D eigenvalue weighted by Crippen LogP contribution is -2.22. The quantitative estimate of drug-likeness (QED) is 0.290. The number of phenols is 1. The fourth-order valence-electron chi connectivity index (χ4n) is 3.25. The predicted octanol–water partition coefficient (Wildman–Crippen LogP) is 4.87. The molecule has 0 aliphatic rings. The number of carbonyl (C=O) groups excluding carboxylic acids is 2. The SMILES string of the molecule is CS(=O)(=O)CC(=O)CCc1cc(I)c(Oc2ccc(O)c(C(=O)NCc3ccccc3)c2)c(I)c1. The molecular formula is C25H23I2NO6S. The Balaban J connectivity index is 1.70. The highest BCUT2D eigenvalue weighted by Crippen LogP contribution is 2.34. The second-order valence-electron chi connectivity index (χ2n) is 7.95. The number of aryl methyl sites for hydroxylation is 1. The lowest BCUT2D eigenvalue weighted by molar-refractivity contribution is -0.116. The van der Waals surface area contributed by atoms with Crippen LogP contribution in [0.15, 0.2) is 60.7 Å². The molecule has 0 radical (unpaired) electrons. The average Bonchev–Trinajstić information content (AvgIpc) is 2.79. The number of Topliss-reactive ketones (excluding diaryl/α,β-unsaturated/α-hetero) is 1. The third-order valence-corrected chi connectivity index (χ3v) is 7.35. The second kappa shape index (κ2) is 12.2. The number of ketones is 1. The van der Waals surface area contributed by atoms with E-state index in [1.807, 2.05) is 42.5 Å². The van der Waals surface area contributed by atoms with Crippen molar-refractivity contribution in [1.82, 2.24) is 5.32 Å². The largest absolute Gasteiger partial charge is 0.507 e. The van der Waals surface area contributed by atoms with E-state index in [1.54, 1.807) is 6.07 Å². The van der Waals surface area contributed by atoms with Crippen molar-refractivity contribution in [2.45, 2.75) is 19.4 Å². The van der Waals surface area contributed by atoms with Crippen LogP contribution >= 0.6 is 45.2 Å². The van der Waals surface area contributed by atoms with Gasteiger partial charge in [-0.15, -0.1) is 0 Å². The van der Waals surface area contributed by atoms with E-state index in [1.165, 1.54) is 12.1 Å². The van der Waals surface area contributed by atoms with Gasteiger partial charge in [-0.25, -0.2) is 8.42 Å². The number of phenolic OH excluding ortho intramolecular Hbond substituents is 1. The Morgan fingerprint density at radius 2 is 1.63 bits per heavy atom. The van der Waals surface area contributed by atoms with E-state index in [2.05, 4.69) is 50.5 Å². The van der Waals surface area contributed by atoms with Crippen molar-refractivity contribution in [3.8, 4) is 17.2 Å². The van der Waals surface area contributed by atoms with Crippen LogP contribution in [0.3, 0.4) is 0 Å². The zero-order chi connectivity index (χ0) is 25.6. The number of amides is 1. The number of hydrogen-bond acceptors (Lipinski definition) is 6. The molecule has 2 N–H and O–H groups in total. The number of hydrogen-bond donors (Lipinski definition) is 2. The molecule has 3 aromatic rings. The van der Waals surface area contributed by atoms with Crippen molar-refractivity contribution in [2.75, 3.05) is 12.0 Å². The van der Waals surface area contributed by atoms with Crippen molar-refractivity contribution in [1.29, 1.82) is 0 Å². The molecule has 0 aliphatic heterocycles. The lowest BCUT2D eigenvalue weighted by atomic mass is 10.1. The van der Waals surface area contributed by atoms with Crippen LogP contribution in [0.1, 0.15) is 27.9 Å². The van der Waals surface area contributed by atoms with Gasteiger partial charge in [-0.1, -0.05) is 30.3 Å². The summed E-state index contributed by atoms with van der Waals surface area (Å²) in [7, 11) is -3.33. The van der Waals surface area contributed by atoms with Crippen molar-refractivity contribution in [3.05, 3.63) is 84.5 Å². The van der Waals surface area contributed by atoms with Gasteiger partial charge >= 0.3 is 0 Å². The predicted molar refractivity (Wildman–Crippen MR) is 151 cm³/mol. The highest BCUT2D eigenvalue weighted by molar-refractivity contribution is 14.1. The smallest absolute Gasteiger partial charge is 0.255 e. The monoisotopic (exact) mass is 719 g/mol. The van der Waals surface area contributed by atoms with Crippen LogP contribution in [0.5, 0.6) is 17.2 Å². The standard InChI is InChI=1S/C25H23I2NO6S/c1-35(32,33)15-18(29)8-7-17-11-21(26)24(22(27)12-17)34-19-9-10-23(30)20(13-19)25(31)28-14-16-5-3-2-4-6-16/h2-6,9-13,30H,7-8,14-15H2,1H3,(H,28,31). The molecule has 10 heteroatoms. The first-order valence-corrected chi connectivity index (χ1v) is 14.7. The Morgan fingerprint density at radius 3 is 2.26 bits per heavy atom. The van der Waals surface area contributed by atoms with E-state index in [0.717, 1.165) is 24.5 Å². The molecule has 0 saturated carbocycles. The minimum absolute atomic E-state index is 0.101. The third kappa shape index (κ3) is 8.46. The van der Waals surface area contributed by atoms with Gasteiger partial charge in [0, 0.05) is 19.2 Å². The maximum atomic E-state index is 12.6. The molecule has 3 aromatic carbocycles. The van der Waals surface area contributed by atoms with E-state index in [-0.39, 0.29) is 23.5 Å². The molecule has 0 heterocycles. The minimum atomic E-state index is -3.33. The van der Waals surface area contributed by atoms with Crippen molar-refractivity contribution < 1.29 is 27.9 Å². The van der Waals surface area contributed by atoms with E-state index in [0.29, 0.717) is 24.5 Å². The van der Waals surface area contributed by atoms with Crippen molar-refractivity contribution in [3.63, 3.8) is 0 Å². The van der Waals surface area contributed by atoms with E-state index in [4.69, 9.17) is 4.74 Å². The fourth-order valence-corrected chi connectivity index (χ4v) is 6.10. The summed E-state index contributed by atoms with van der Waals surface area (Å²) in [5, 5.41) is 13.0. The van der Waals surface area contributed by atoms with Gasteiger partial charge in [-0.3, -0.25) is 9.59 Å². The summed E-state index contributed by atoms with van der Waals surface area (Å²) in [5.41, 5.74) is 1.93. The Hall–Kier alpha value is -2.19. The number of rotatable bonds is 10. The molecule has 0 unspecified atom stereocenters. The summed E-state index contributed by atoms with van der Waals surface area (Å²) < 4.78 is 30.2. The van der Waals surface area contributed by atoms with Crippen LogP contribution in [0.25, 0.3) is 0 Å². The molecule has 0 spiro atoms. The van der Waals surface area contributed by atoms with Gasteiger partial charge in [-0.05, 0) is 93.1 Å². The second-order valence-corrected chi connectivity index (χ2v) is 12.4. The lowest BCUT2D eigenvalue weighted by Gasteiger charge is -2.14. The number of sulfone groups is 1. The zero-order valence-corrected chi connectivity index (χ0v) is 23.9. The molecule has 0 aliphatic carbocycles. The summed E-state index contributed by atoms with van der Waals surface area (Å²) in [6.07, 6.45) is 1.61. The summed E-state index contributed by atoms with van der Waals surface area (Å²) in [6.45, 7) is 0.328. The highest BCUT2D eigenvalue weighted by Gasteiger charge is 2.16. The molecule has 7 nitrogen and oxygen atoms in total. The topological polar surface area (TPSA) is 110 Å². The first-order chi connectivity index (χ1) is 16.5. The Labute approximate surface area is 231 Å². The summed E-state index contributed by atoms with van der Waals surface area (Å²) in [4.78, 5) is 24.5. The van der Waals surface area contributed by atoms with Crippen molar-refractivity contribution >= 4 is 66.7 Å². The number of benzene rings is 3. The molecular weight excluding hydrogens is 696 g/mol. The number of ether oxygens (including phenoxy) is 1. The van der Waals surface area contributed by atoms with Gasteiger partial charge in [0.05, 0.1) is 12.7 Å². The first-order valence-electron chi connectivity index (χ1n) is 10.5. The summed E-state index contributed by atoms with van der Waals surface area (Å²) in [6, 6.07) is 17.7. The molecule has 0 bridgehead atoms. The van der Waals surface area contributed by atoms with Crippen LogP contribution < -0.4 is 10.1 Å². The summed E-state index contributed by atoms with van der Waals surface area (Å²) >= 11 is 4.25. The fraction of sp³-hybridized carbons (Fsp3) is 0.200. The molecule has 0 aromatic heterocycles. The minimum Gasteiger partial charge on any atom is -0.507 e. The van der Waals surface area contributed by atoms with Crippen LogP contribution in [0.2, 0.25) is 0 Å². The Bertz CT molecular complexity index is 1320. The van der Waals surface area contributed by atoms with Gasteiger partial charge in [0.2, 0.25) is 0 Å². The summed E-state index contributed by atoms with van der Waals surface area (Å²) in [5.74, 6) is -0.375. The van der Waals surface area contributed by atoms with Gasteiger partial charge in [0.25, 0.3) is 5.91 Å². The normalized spacial score (nSPS) is 11.2. The van der Waals surface area contributed by atoms with Gasteiger partial charge in [0.1, 0.15) is 23.0 Å². The number of halogens is 2. The third-order valence-electron chi connectivity index (χ3n) is 4.90. The number of aromatic hydroxyl groups is 1. The molecule has 35 heavy (non-hydrogen) atoms. The Kier molecular flexibility index (Phi) is 9.53. The maximum Gasteiger partial charge on any atom is 0.255 e. The molecule has 0 fully saturated rings. The van der Waals surface area contributed by atoms with Crippen LogP contribution in [0.4, 0.5) is 0 Å². The van der Waals surface area contributed by atoms with Crippen LogP contribution in [-0.2, 0) is 27.6 Å². The molecule has 3 rings (SSSR count). The van der Waals surface area contributed by atoms with Gasteiger partial charge in [-0.2, -0.15) is 0 Å². The van der Waals surface area contributed by atoms with E-state index < -0.39 is 21.5 Å². The Morgan fingerprint density at radius 1 is 0.971 bits per heavy atom. The zero-order valence-electron chi connectivity index (χ0n) is 18.8. The molecule has 0 atom stereocenters. The van der Waals surface area contributed by atoms with E-state index in [9.17, 15) is 23.1 Å². The highest BCUT2D eigenvalue weighted by atomic mass is 127. The van der Waals surface area contributed by atoms with Crippen molar-refractivity contribution in [2.24, 2.45) is 0 Å². The van der Waals surface area contributed by atoms with Crippen LogP contribution in [-0.4, -0.2) is 37.2 Å². The molecule has 1 amide bonds. The number of carbonyl (C=O) groups is 2. The van der Waals surface area contributed by atoms with E-state index >= 15 is 0 Å². The maximum absolute atomic E-state index is 12.6. The molecule has 0 saturated heterocycles. The average molecular weight is 719 g/mol.